The van der Waals surface area contributed by atoms with Gasteiger partial charge in [-0.2, -0.15) is 0 Å². The first kappa shape index (κ1) is 10.8. The number of nitrogens with two attached hydrogens (primary N) is 1. The third-order valence-electron chi connectivity index (χ3n) is 2.32. The SMILES string of the molecule is NC=CCCCCCc1ccccc1. The maximum Gasteiger partial charge on any atom is -0.0103 e. The molecule has 0 atom stereocenters. The van der Waals surface area contributed by atoms with Crippen LogP contribution in [0.1, 0.15) is 31.2 Å². The quantitative estimate of drug-likeness (QED) is 0.683. The van der Waals surface area contributed by atoms with Crippen molar-refractivity contribution in [2.75, 3.05) is 0 Å². The lowest BCUT2D eigenvalue weighted by Gasteiger charge is -1.99. The molecule has 2 N–H and O–H groups in total. The summed E-state index contributed by atoms with van der Waals surface area (Å²) in [5, 5.41) is 0. The number of hydrogen-bond acceptors (Lipinski definition) is 1. The van der Waals surface area contributed by atoms with Gasteiger partial charge in [-0.25, -0.2) is 0 Å². The summed E-state index contributed by atoms with van der Waals surface area (Å²) in [7, 11) is 0. The van der Waals surface area contributed by atoms with Crippen LogP contribution in [-0.2, 0) is 6.42 Å². The number of rotatable bonds is 6. The van der Waals surface area contributed by atoms with E-state index in [1.165, 1.54) is 31.2 Å². The smallest absolute Gasteiger partial charge is 0.0103 e. The number of allylic oxidation sites excluding steroid dienone is 1. The van der Waals surface area contributed by atoms with Gasteiger partial charge in [0.05, 0.1) is 0 Å². The van der Waals surface area contributed by atoms with Crippen LogP contribution in [0.5, 0.6) is 0 Å². The Bertz CT molecular complexity index is 251. The molecule has 0 saturated heterocycles. The highest BCUT2D eigenvalue weighted by atomic mass is 14.5. The third kappa shape index (κ3) is 4.70. The lowest BCUT2D eigenvalue weighted by atomic mass is 10.1. The van der Waals surface area contributed by atoms with Crippen LogP contribution in [0.25, 0.3) is 0 Å². The molecule has 1 aromatic rings. The summed E-state index contributed by atoms with van der Waals surface area (Å²) in [6.07, 6.45) is 9.81. The van der Waals surface area contributed by atoms with Crippen molar-refractivity contribution >= 4 is 0 Å². The number of unbranched alkanes of at least 4 members (excludes halogenated alkanes) is 3. The van der Waals surface area contributed by atoms with E-state index in [2.05, 4.69) is 30.3 Å². The van der Waals surface area contributed by atoms with Crippen LogP contribution in [-0.4, -0.2) is 0 Å². The van der Waals surface area contributed by atoms with Crippen molar-refractivity contribution in [3.63, 3.8) is 0 Å². The van der Waals surface area contributed by atoms with Gasteiger partial charge in [-0.05, 0) is 37.4 Å². The Balaban J connectivity index is 2.05. The molecular formula is C13H19N. The first-order chi connectivity index (χ1) is 6.93. The zero-order valence-electron chi connectivity index (χ0n) is 8.65. The summed E-state index contributed by atoms with van der Waals surface area (Å²) < 4.78 is 0. The van der Waals surface area contributed by atoms with Crippen molar-refractivity contribution < 1.29 is 0 Å². The van der Waals surface area contributed by atoms with Gasteiger partial charge < -0.3 is 5.73 Å². The highest BCUT2D eigenvalue weighted by molar-refractivity contribution is 5.14. The minimum Gasteiger partial charge on any atom is -0.405 e. The van der Waals surface area contributed by atoms with Gasteiger partial charge in [-0.3, -0.25) is 0 Å². The van der Waals surface area contributed by atoms with Crippen LogP contribution in [0, 0.1) is 0 Å². The summed E-state index contributed by atoms with van der Waals surface area (Å²) in [6.45, 7) is 0. The Morgan fingerprint density at radius 2 is 1.79 bits per heavy atom. The molecule has 0 aliphatic heterocycles. The van der Waals surface area contributed by atoms with E-state index >= 15 is 0 Å². The normalized spacial score (nSPS) is 10.9. The van der Waals surface area contributed by atoms with Crippen molar-refractivity contribution in [2.24, 2.45) is 5.73 Å². The molecule has 0 saturated carbocycles. The maximum atomic E-state index is 5.25. The second-order valence-corrected chi connectivity index (χ2v) is 3.51. The fraction of sp³-hybridized carbons (Fsp3) is 0.385. The Kier molecular flexibility index (Phi) is 5.57. The topological polar surface area (TPSA) is 26.0 Å². The summed E-state index contributed by atoms with van der Waals surface area (Å²) >= 11 is 0. The van der Waals surface area contributed by atoms with Gasteiger partial charge in [0, 0.05) is 0 Å². The van der Waals surface area contributed by atoms with Gasteiger partial charge >= 0.3 is 0 Å². The van der Waals surface area contributed by atoms with E-state index in [0.717, 1.165) is 6.42 Å². The Morgan fingerprint density at radius 3 is 2.50 bits per heavy atom. The zero-order valence-corrected chi connectivity index (χ0v) is 8.65. The minimum absolute atomic E-state index is 1.12. The standard InChI is InChI=1S/C13H19N/c14-12-8-3-1-2-5-9-13-10-6-4-7-11-13/h4,6-8,10-12H,1-3,5,9,14H2. The molecule has 1 nitrogen and oxygen atoms in total. The van der Waals surface area contributed by atoms with Gasteiger partial charge in [0.25, 0.3) is 0 Å². The highest BCUT2D eigenvalue weighted by Gasteiger charge is 1.91. The summed E-state index contributed by atoms with van der Waals surface area (Å²) in [5.41, 5.74) is 6.70. The monoisotopic (exact) mass is 189 g/mol. The molecule has 0 amide bonds. The van der Waals surface area contributed by atoms with Crippen LogP contribution in [0.15, 0.2) is 42.6 Å². The molecule has 0 unspecified atom stereocenters. The summed E-state index contributed by atoms with van der Waals surface area (Å²) in [4.78, 5) is 0. The molecule has 0 aromatic heterocycles. The third-order valence-corrected chi connectivity index (χ3v) is 2.32. The molecule has 1 aromatic carbocycles. The molecular weight excluding hydrogens is 170 g/mol. The highest BCUT2D eigenvalue weighted by Crippen LogP contribution is 2.07. The lowest BCUT2D eigenvalue weighted by Crippen LogP contribution is -1.85. The average Bonchev–Trinajstić information content (AvgIpc) is 2.25. The predicted octanol–water partition coefficient (Wildman–Crippen LogP) is 3.26. The van der Waals surface area contributed by atoms with Gasteiger partial charge in [0.15, 0.2) is 0 Å². The molecule has 0 fully saturated rings. The van der Waals surface area contributed by atoms with Crippen molar-refractivity contribution in [2.45, 2.75) is 32.1 Å². The van der Waals surface area contributed by atoms with Crippen molar-refractivity contribution in [1.82, 2.24) is 0 Å². The molecule has 0 radical (unpaired) electrons. The molecule has 0 heterocycles. The zero-order chi connectivity index (χ0) is 10.1. The van der Waals surface area contributed by atoms with Crippen LogP contribution in [0.2, 0.25) is 0 Å². The predicted molar refractivity (Wildman–Crippen MR) is 61.9 cm³/mol. The molecule has 14 heavy (non-hydrogen) atoms. The Hall–Kier alpha value is -1.24. The van der Waals surface area contributed by atoms with E-state index in [1.54, 1.807) is 6.20 Å². The first-order valence-electron chi connectivity index (χ1n) is 5.34. The molecule has 0 aliphatic rings. The Labute approximate surface area is 86.6 Å². The van der Waals surface area contributed by atoms with Crippen molar-refractivity contribution in [1.29, 1.82) is 0 Å². The minimum atomic E-state index is 1.12. The van der Waals surface area contributed by atoms with E-state index in [9.17, 15) is 0 Å². The van der Waals surface area contributed by atoms with Crippen LogP contribution in [0.4, 0.5) is 0 Å². The van der Waals surface area contributed by atoms with Gasteiger partial charge in [0.1, 0.15) is 0 Å². The van der Waals surface area contributed by atoms with Crippen molar-refractivity contribution in [3.05, 3.63) is 48.2 Å². The van der Waals surface area contributed by atoms with Crippen LogP contribution >= 0.6 is 0 Å². The maximum absolute atomic E-state index is 5.25. The molecule has 0 spiro atoms. The van der Waals surface area contributed by atoms with E-state index in [4.69, 9.17) is 5.73 Å². The van der Waals surface area contributed by atoms with Gasteiger partial charge in [-0.1, -0.05) is 42.8 Å². The van der Waals surface area contributed by atoms with E-state index < -0.39 is 0 Å². The van der Waals surface area contributed by atoms with Gasteiger partial charge in [0.2, 0.25) is 0 Å². The molecule has 76 valence electrons. The fourth-order valence-corrected chi connectivity index (χ4v) is 1.51. The van der Waals surface area contributed by atoms with E-state index in [1.807, 2.05) is 6.08 Å². The molecule has 0 bridgehead atoms. The first-order valence-corrected chi connectivity index (χ1v) is 5.34. The van der Waals surface area contributed by atoms with E-state index in [-0.39, 0.29) is 0 Å². The molecule has 1 heteroatoms. The largest absolute Gasteiger partial charge is 0.405 e. The Morgan fingerprint density at radius 1 is 1.00 bits per heavy atom. The van der Waals surface area contributed by atoms with Crippen LogP contribution < -0.4 is 5.73 Å². The van der Waals surface area contributed by atoms with Gasteiger partial charge in [-0.15, -0.1) is 0 Å². The summed E-state index contributed by atoms with van der Waals surface area (Å²) in [5.74, 6) is 0. The second kappa shape index (κ2) is 7.19. The lowest BCUT2D eigenvalue weighted by molar-refractivity contribution is 0.686. The average molecular weight is 189 g/mol. The molecule has 0 aliphatic carbocycles. The second-order valence-electron chi connectivity index (χ2n) is 3.51. The summed E-state index contributed by atoms with van der Waals surface area (Å²) in [6, 6.07) is 10.7. The number of hydrogen-bond donors (Lipinski definition) is 1. The van der Waals surface area contributed by atoms with Crippen molar-refractivity contribution in [3.8, 4) is 0 Å². The van der Waals surface area contributed by atoms with E-state index in [0.29, 0.717) is 0 Å². The van der Waals surface area contributed by atoms with Crippen LogP contribution in [0.3, 0.4) is 0 Å². The number of benzene rings is 1. The number of aryl methyl sites for hydroxylation is 1. The molecule has 1 rings (SSSR count). The fourth-order valence-electron chi connectivity index (χ4n) is 1.51.